The molecular formula is C30H33F6N7O7. The number of rotatable bonds is 7. The van der Waals surface area contributed by atoms with Crippen molar-refractivity contribution in [3.05, 3.63) is 65.0 Å². The monoisotopic (exact) mass is 717 g/mol. The fourth-order valence-corrected chi connectivity index (χ4v) is 4.39. The first-order valence-corrected chi connectivity index (χ1v) is 14.4. The molecule has 2 unspecified atom stereocenters. The molecule has 272 valence electrons. The van der Waals surface area contributed by atoms with Crippen LogP contribution in [-0.2, 0) is 20.9 Å². The van der Waals surface area contributed by atoms with Crippen LogP contribution in [0.15, 0.2) is 47.5 Å². The first-order chi connectivity index (χ1) is 23.2. The topological polar surface area (TPSA) is 232 Å². The fourth-order valence-electron chi connectivity index (χ4n) is 4.39. The number of carbonyl (C=O) groups excluding carboxylic acids is 2. The Kier molecular flexibility index (Phi) is 14.3. The smallest absolute Gasteiger partial charge is 0.475 e. The lowest BCUT2D eigenvalue weighted by molar-refractivity contribution is -0.193. The minimum absolute atomic E-state index is 0.0105. The molecule has 8 N–H and O–H groups in total. The average Bonchev–Trinajstić information content (AvgIpc) is 3.04. The number of benzene rings is 2. The molecule has 4 rings (SSSR count). The predicted molar refractivity (Wildman–Crippen MR) is 166 cm³/mol. The molecule has 2 atom stereocenters. The third-order valence-electron chi connectivity index (χ3n) is 6.73. The Morgan fingerprint density at radius 3 is 2.00 bits per heavy atom. The molecule has 1 aliphatic carbocycles. The molecule has 0 spiro atoms. The van der Waals surface area contributed by atoms with Gasteiger partial charge in [0.15, 0.2) is 5.96 Å². The van der Waals surface area contributed by atoms with Crippen molar-refractivity contribution in [3.8, 4) is 0 Å². The zero-order valence-electron chi connectivity index (χ0n) is 26.4. The fraction of sp³-hybridized carbons (Fsp3) is 0.367. The second-order valence-electron chi connectivity index (χ2n) is 10.6. The first kappa shape index (κ1) is 40.5. The average molecular weight is 718 g/mol. The number of alkyl halides is 6. The lowest BCUT2D eigenvalue weighted by atomic mass is 9.90. The van der Waals surface area contributed by atoms with Crippen LogP contribution in [0.3, 0.4) is 0 Å². The summed E-state index contributed by atoms with van der Waals surface area (Å²) in [7, 11) is 1.33. The van der Waals surface area contributed by atoms with Crippen molar-refractivity contribution in [2.45, 2.75) is 63.6 Å². The molecule has 50 heavy (non-hydrogen) atoms. The Bertz CT molecular complexity index is 1670. The molecule has 1 aromatic heterocycles. The molecule has 1 amide bonds. The van der Waals surface area contributed by atoms with Crippen LogP contribution in [0.4, 0.5) is 32.2 Å². The number of aliphatic carboxylic acids is 2. The van der Waals surface area contributed by atoms with Gasteiger partial charge in [0.25, 0.3) is 5.91 Å². The minimum atomic E-state index is -5.08. The number of aryl methyl sites for hydroxylation is 1. The van der Waals surface area contributed by atoms with Gasteiger partial charge in [0.2, 0.25) is 5.82 Å². The zero-order valence-corrected chi connectivity index (χ0v) is 26.4. The van der Waals surface area contributed by atoms with Gasteiger partial charge in [-0.2, -0.15) is 26.3 Å². The number of methoxy groups -OCH3 is 1. The number of aromatic nitrogens is 2. The van der Waals surface area contributed by atoms with Gasteiger partial charge in [0.1, 0.15) is 5.82 Å². The molecule has 1 saturated carbocycles. The van der Waals surface area contributed by atoms with E-state index in [2.05, 4.69) is 25.6 Å². The Morgan fingerprint density at radius 1 is 0.920 bits per heavy atom. The van der Waals surface area contributed by atoms with Crippen LogP contribution < -0.4 is 22.1 Å². The van der Waals surface area contributed by atoms with E-state index in [0.29, 0.717) is 16.9 Å². The molecule has 0 aliphatic heterocycles. The van der Waals surface area contributed by atoms with Gasteiger partial charge in [-0.3, -0.25) is 4.79 Å². The number of aliphatic imine (C=N–C) groups is 1. The van der Waals surface area contributed by atoms with Gasteiger partial charge in [-0.15, -0.1) is 0 Å². The quantitative estimate of drug-likeness (QED) is 0.0884. The summed E-state index contributed by atoms with van der Waals surface area (Å²) in [4.78, 5) is 55.9. The van der Waals surface area contributed by atoms with E-state index >= 15 is 0 Å². The number of hydrogen-bond donors (Lipinski definition) is 6. The summed E-state index contributed by atoms with van der Waals surface area (Å²) in [5.41, 5.74) is 14.3. The lowest BCUT2D eigenvalue weighted by Gasteiger charge is -2.30. The maximum absolute atomic E-state index is 13.0. The van der Waals surface area contributed by atoms with Crippen molar-refractivity contribution in [3.63, 3.8) is 0 Å². The van der Waals surface area contributed by atoms with Crippen molar-refractivity contribution in [2.75, 3.05) is 12.4 Å². The van der Waals surface area contributed by atoms with E-state index in [9.17, 15) is 35.9 Å². The van der Waals surface area contributed by atoms with Crippen LogP contribution in [0.5, 0.6) is 0 Å². The van der Waals surface area contributed by atoms with E-state index in [1.54, 1.807) is 24.3 Å². The molecule has 0 radical (unpaired) electrons. The molecule has 1 heterocycles. The van der Waals surface area contributed by atoms with Crippen LogP contribution in [0.2, 0.25) is 0 Å². The van der Waals surface area contributed by atoms with E-state index in [-0.39, 0.29) is 30.4 Å². The number of anilines is 1. The number of halogens is 6. The summed E-state index contributed by atoms with van der Waals surface area (Å²) in [6.45, 7) is 2.26. The highest BCUT2D eigenvalue weighted by Crippen LogP contribution is 2.28. The molecule has 2 aromatic carbocycles. The van der Waals surface area contributed by atoms with E-state index in [1.807, 2.05) is 25.1 Å². The van der Waals surface area contributed by atoms with Crippen molar-refractivity contribution in [2.24, 2.45) is 16.5 Å². The third-order valence-corrected chi connectivity index (χ3v) is 6.73. The number of carboxylic acid groups (broad SMARTS) is 2. The van der Waals surface area contributed by atoms with Gasteiger partial charge in [-0.05, 0) is 49.6 Å². The highest BCUT2D eigenvalue weighted by Gasteiger charge is 2.39. The molecule has 1 aliphatic rings. The molecule has 3 aromatic rings. The van der Waals surface area contributed by atoms with Crippen LogP contribution >= 0.6 is 0 Å². The molecular weight excluding hydrogens is 684 g/mol. The standard InChI is InChI=1S/C26H31N7O3.2C2HF3O2/c1-15-7-12-19-18(13-15)22(31-20-5-3-4-6-21(20)32-26(27)28)33-23(30-19)24(34)29-14-16-8-10-17(11-9-16)25(35)36-2;2*3-2(4,5)1(6)7/h7-13,20-21H,3-6,14H2,1-2H3,(H,29,34)(H4,27,28,32)(H,30,31,33);2*(H,6,7). The van der Waals surface area contributed by atoms with Crippen molar-refractivity contribution < 1.29 is 60.5 Å². The molecule has 0 bridgehead atoms. The number of hydrogen-bond acceptors (Lipinski definition) is 9. The van der Waals surface area contributed by atoms with E-state index in [0.717, 1.165) is 42.2 Å². The van der Waals surface area contributed by atoms with Gasteiger partial charge in [-0.1, -0.05) is 36.6 Å². The number of nitrogens with one attached hydrogen (secondary N) is 2. The van der Waals surface area contributed by atoms with Gasteiger partial charge >= 0.3 is 30.3 Å². The van der Waals surface area contributed by atoms with Crippen molar-refractivity contribution in [1.82, 2.24) is 15.3 Å². The zero-order chi connectivity index (χ0) is 37.8. The highest BCUT2D eigenvalue weighted by molar-refractivity contribution is 5.96. The van der Waals surface area contributed by atoms with Crippen LogP contribution in [0.1, 0.15) is 57.8 Å². The maximum Gasteiger partial charge on any atom is 0.490 e. The van der Waals surface area contributed by atoms with E-state index < -0.39 is 36.2 Å². The lowest BCUT2D eigenvalue weighted by Crippen LogP contribution is -2.38. The van der Waals surface area contributed by atoms with E-state index in [4.69, 9.17) is 36.0 Å². The summed E-state index contributed by atoms with van der Waals surface area (Å²) in [6, 6.07) is 12.6. The number of esters is 1. The Labute approximate surface area is 279 Å². The highest BCUT2D eigenvalue weighted by atomic mass is 19.4. The normalized spacial score (nSPS) is 15.6. The van der Waals surface area contributed by atoms with Gasteiger partial charge in [-0.25, -0.2) is 29.3 Å². The molecule has 1 fully saturated rings. The number of guanidine groups is 1. The molecule has 0 saturated heterocycles. The summed E-state index contributed by atoms with van der Waals surface area (Å²) < 4.78 is 68.2. The number of ether oxygens (including phenoxy) is 1. The summed E-state index contributed by atoms with van der Waals surface area (Å²) in [6.07, 6.45) is -6.29. The molecule has 14 nitrogen and oxygen atoms in total. The van der Waals surface area contributed by atoms with Crippen LogP contribution in [0, 0.1) is 6.92 Å². The van der Waals surface area contributed by atoms with Gasteiger partial charge < -0.3 is 37.1 Å². The number of nitrogens with zero attached hydrogens (tertiary/aromatic N) is 3. The summed E-state index contributed by atoms with van der Waals surface area (Å²) in [5.74, 6) is -5.61. The Morgan fingerprint density at radius 2 is 1.48 bits per heavy atom. The third kappa shape index (κ3) is 12.7. The van der Waals surface area contributed by atoms with Gasteiger partial charge in [0, 0.05) is 11.9 Å². The largest absolute Gasteiger partial charge is 0.490 e. The Hall–Kier alpha value is -5.69. The maximum atomic E-state index is 13.0. The number of carbonyl (C=O) groups is 4. The predicted octanol–water partition coefficient (Wildman–Crippen LogP) is 3.92. The summed E-state index contributed by atoms with van der Waals surface area (Å²) in [5, 5.41) is 21.4. The SMILES string of the molecule is COC(=O)c1ccc(CNC(=O)c2nc(NC3CCCCC3N=C(N)N)c3cc(C)ccc3n2)cc1.O=C(O)C(F)(F)F.O=C(O)C(F)(F)F. The Balaban J connectivity index is 0.000000521. The van der Waals surface area contributed by atoms with Crippen molar-refractivity contribution >= 4 is 46.5 Å². The number of amides is 1. The number of carboxylic acids is 2. The second-order valence-corrected chi connectivity index (χ2v) is 10.6. The first-order valence-electron chi connectivity index (χ1n) is 14.4. The molecule has 20 heteroatoms. The van der Waals surface area contributed by atoms with Crippen molar-refractivity contribution in [1.29, 1.82) is 0 Å². The van der Waals surface area contributed by atoms with Gasteiger partial charge in [0.05, 0.1) is 30.3 Å². The number of fused-ring (bicyclic) bond motifs is 1. The second kappa shape index (κ2) is 17.6. The van der Waals surface area contributed by atoms with E-state index in [1.165, 1.54) is 7.11 Å². The van der Waals surface area contributed by atoms with Crippen LogP contribution in [0.25, 0.3) is 10.9 Å². The number of nitrogens with two attached hydrogens (primary N) is 2. The minimum Gasteiger partial charge on any atom is -0.475 e. The van der Waals surface area contributed by atoms with Crippen LogP contribution in [-0.4, -0.2) is 81.5 Å². The summed E-state index contributed by atoms with van der Waals surface area (Å²) >= 11 is 0.